The smallest absolute Gasteiger partial charge is 0.277 e. The van der Waals surface area contributed by atoms with Gasteiger partial charge in [0, 0.05) is 44.2 Å². The molecule has 0 spiro atoms. The molecule has 1 aliphatic rings. The van der Waals surface area contributed by atoms with Gasteiger partial charge in [-0.15, -0.1) is 0 Å². The maximum atomic E-state index is 12.6. The third kappa shape index (κ3) is 3.84. The summed E-state index contributed by atoms with van der Waals surface area (Å²) in [7, 11) is 0. The molecule has 0 saturated carbocycles. The van der Waals surface area contributed by atoms with Crippen molar-refractivity contribution in [1.82, 2.24) is 19.9 Å². The van der Waals surface area contributed by atoms with Crippen LogP contribution in [0.15, 0.2) is 35.6 Å². The Kier molecular flexibility index (Phi) is 5.52. The lowest BCUT2D eigenvalue weighted by atomic mass is 9.97. The SMILES string of the molecule is C=Cc1c(CC(=O)CN)cccc1-c1nn2c(=O)cc(N3CCNCC3)nc2s1. The topological polar surface area (TPSA) is 106 Å². The van der Waals surface area contributed by atoms with E-state index in [1.807, 2.05) is 18.2 Å². The van der Waals surface area contributed by atoms with Gasteiger partial charge in [-0.2, -0.15) is 9.61 Å². The van der Waals surface area contributed by atoms with E-state index in [0.717, 1.165) is 42.9 Å². The van der Waals surface area contributed by atoms with Crippen LogP contribution in [0, 0.1) is 0 Å². The molecule has 8 nitrogen and oxygen atoms in total. The molecular formula is C20H22N6O2S. The fourth-order valence-corrected chi connectivity index (χ4v) is 4.38. The summed E-state index contributed by atoms with van der Waals surface area (Å²) in [5.74, 6) is 0.631. The van der Waals surface area contributed by atoms with Crippen molar-refractivity contribution in [1.29, 1.82) is 0 Å². The van der Waals surface area contributed by atoms with Crippen molar-refractivity contribution in [3.63, 3.8) is 0 Å². The number of aromatic nitrogens is 3. The molecule has 0 unspecified atom stereocenters. The molecule has 29 heavy (non-hydrogen) atoms. The van der Waals surface area contributed by atoms with Gasteiger partial charge in [-0.05, 0) is 11.1 Å². The highest BCUT2D eigenvalue weighted by atomic mass is 32.1. The maximum absolute atomic E-state index is 12.6. The fourth-order valence-electron chi connectivity index (χ4n) is 3.44. The fraction of sp³-hybridized carbons (Fsp3) is 0.300. The summed E-state index contributed by atoms with van der Waals surface area (Å²) in [6.45, 7) is 7.25. The number of anilines is 1. The Morgan fingerprint density at radius 1 is 1.34 bits per heavy atom. The molecule has 150 valence electrons. The zero-order valence-electron chi connectivity index (χ0n) is 15.9. The van der Waals surface area contributed by atoms with E-state index in [4.69, 9.17) is 5.73 Å². The lowest BCUT2D eigenvalue weighted by molar-refractivity contribution is -0.117. The van der Waals surface area contributed by atoms with Crippen molar-refractivity contribution in [3.8, 4) is 10.6 Å². The quantitative estimate of drug-likeness (QED) is 0.623. The summed E-state index contributed by atoms with van der Waals surface area (Å²) in [5, 5.41) is 8.44. The second-order valence-electron chi connectivity index (χ2n) is 6.79. The van der Waals surface area contributed by atoms with Crippen LogP contribution in [0.3, 0.4) is 0 Å². The van der Waals surface area contributed by atoms with Gasteiger partial charge >= 0.3 is 0 Å². The number of rotatable bonds is 6. The summed E-state index contributed by atoms with van der Waals surface area (Å²) >= 11 is 1.35. The van der Waals surface area contributed by atoms with Crippen molar-refractivity contribution in [2.24, 2.45) is 5.73 Å². The molecule has 1 aromatic carbocycles. The third-order valence-corrected chi connectivity index (χ3v) is 5.86. The Balaban J connectivity index is 1.78. The molecule has 0 radical (unpaired) electrons. The van der Waals surface area contributed by atoms with Gasteiger partial charge in [0.25, 0.3) is 5.56 Å². The lowest BCUT2D eigenvalue weighted by Crippen LogP contribution is -2.44. The van der Waals surface area contributed by atoms with E-state index in [1.165, 1.54) is 21.9 Å². The number of carbonyl (C=O) groups is 1. The van der Waals surface area contributed by atoms with E-state index >= 15 is 0 Å². The Morgan fingerprint density at radius 3 is 2.86 bits per heavy atom. The molecule has 1 saturated heterocycles. The molecule has 0 atom stereocenters. The number of Topliss-reactive ketones (excluding diaryl/α,β-unsaturated/α-hetero) is 1. The first-order valence-corrected chi connectivity index (χ1v) is 10.3. The molecule has 2 aromatic heterocycles. The van der Waals surface area contributed by atoms with Crippen LogP contribution < -0.4 is 21.5 Å². The molecule has 9 heteroatoms. The first-order valence-electron chi connectivity index (χ1n) is 9.43. The van der Waals surface area contributed by atoms with Crippen LogP contribution >= 0.6 is 11.3 Å². The summed E-state index contributed by atoms with van der Waals surface area (Å²) in [6, 6.07) is 7.20. The molecule has 3 N–H and O–H groups in total. The number of carbonyl (C=O) groups excluding carboxylic acids is 1. The Hall–Kier alpha value is -2.88. The van der Waals surface area contributed by atoms with Crippen LogP contribution in [0.25, 0.3) is 21.6 Å². The van der Waals surface area contributed by atoms with E-state index in [0.29, 0.717) is 15.8 Å². The van der Waals surface area contributed by atoms with E-state index in [9.17, 15) is 9.59 Å². The number of nitrogens with two attached hydrogens (primary N) is 1. The molecule has 4 rings (SSSR count). The molecule has 3 aromatic rings. The highest BCUT2D eigenvalue weighted by Crippen LogP contribution is 2.31. The molecular weight excluding hydrogens is 388 g/mol. The average molecular weight is 411 g/mol. The zero-order valence-corrected chi connectivity index (χ0v) is 16.7. The van der Waals surface area contributed by atoms with E-state index < -0.39 is 0 Å². The highest BCUT2D eigenvalue weighted by molar-refractivity contribution is 7.19. The second kappa shape index (κ2) is 8.24. The van der Waals surface area contributed by atoms with Crippen LogP contribution in [-0.4, -0.2) is 53.1 Å². The van der Waals surface area contributed by atoms with Gasteiger partial charge in [0.15, 0.2) is 5.78 Å². The van der Waals surface area contributed by atoms with Crippen LogP contribution in [-0.2, 0) is 11.2 Å². The number of nitrogens with one attached hydrogen (secondary N) is 1. The number of nitrogens with zero attached hydrogens (tertiary/aromatic N) is 4. The van der Waals surface area contributed by atoms with Crippen molar-refractivity contribution in [2.45, 2.75) is 6.42 Å². The number of hydrogen-bond acceptors (Lipinski definition) is 8. The largest absolute Gasteiger partial charge is 0.354 e. The molecule has 1 aliphatic heterocycles. The predicted molar refractivity (Wildman–Crippen MR) is 116 cm³/mol. The summed E-state index contributed by atoms with van der Waals surface area (Å²) in [5.41, 5.74) is 7.74. The number of benzene rings is 1. The van der Waals surface area contributed by atoms with Gasteiger partial charge in [0.05, 0.1) is 6.54 Å². The van der Waals surface area contributed by atoms with Gasteiger partial charge in [-0.3, -0.25) is 9.59 Å². The van der Waals surface area contributed by atoms with Crippen LogP contribution in [0.4, 0.5) is 5.82 Å². The summed E-state index contributed by atoms with van der Waals surface area (Å²) < 4.78 is 1.33. The molecule has 0 bridgehead atoms. The number of hydrogen-bond donors (Lipinski definition) is 2. The predicted octanol–water partition coefficient (Wildman–Crippen LogP) is 0.941. The Labute approximate surface area is 171 Å². The summed E-state index contributed by atoms with van der Waals surface area (Å²) in [6.07, 6.45) is 1.95. The Bertz CT molecular complexity index is 1130. The average Bonchev–Trinajstić information content (AvgIpc) is 3.19. The first-order chi connectivity index (χ1) is 14.1. The second-order valence-corrected chi connectivity index (χ2v) is 7.75. The van der Waals surface area contributed by atoms with Crippen LogP contribution in [0.1, 0.15) is 11.1 Å². The molecule has 0 amide bonds. The van der Waals surface area contributed by atoms with Gasteiger partial charge in [-0.25, -0.2) is 4.98 Å². The number of piperazine rings is 1. The number of ketones is 1. The van der Waals surface area contributed by atoms with Crippen molar-refractivity contribution in [3.05, 3.63) is 52.3 Å². The first kappa shape index (κ1) is 19.4. The van der Waals surface area contributed by atoms with E-state index in [1.54, 1.807) is 6.08 Å². The molecule has 1 fully saturated rings. The van der Waals surface area contributed by atoms with Gasteiger partial charge in [0.2, 0.25) is 4.96 Å². The molecule has 0 aliphatic carbocycles. The van der Waals surface area contributed by atoms with Crippen LogP contribution in [0.5, 0.6) is 0 Å². The maximum Gasteiger partial charge on any atom is 0.277 e. The number of fused-ring (bicyclic) bond motifs is 1. The minimum absolute atomic E-state index is 0.00391. The van der Waals surface area contributed by atoms with Gasteiger partial charge < -0.3 is 16.0 Å². The Morgan fingerprint density at radius 2 is 2.14 bits per heavy atom. The highest BCUT2D eigenvalue weighted by Gasteiger charge is 2.18. The van der Waals surface area contributed by atoms with Gasteiger partial charge in [0.1, 0.15) is 10.8 Å². The van der Waals surface area contributed by atoms with Crippen molar-refractivity contribution >= 4 is 34.0 Å². The summed E-state index contributed by atoms with van der Waals surface area (Å²) in [4.78, 5) is 31.8. The standard InChI is InChI=1S/C20H22N6O2S/c1-2-15-13(10-14(27)12-21)4-3-5-16(15)19-24-26-18(28)11-17(23-20(26)29-19)25-8-6-22-7-9-25/h2-5,11,22H,1,6-10,12,21H2. The minimum Gasteiger partial charge on any atom is -0.354 e. The monoisotopic (exact) mass is 410 g/mol. The van der Waals surface area contributed by atoms with Gasteiger partial charge in [-0.1, -0.05) is 42.2 Å². The molecule has 3 heterocycles. The normalized spacial score (nSPS) is 14.3. The minimum atomic E-state index is -0.208. The third-order valence-electron chi connectivity index (χ3n) is 4.92. The van der Waals surface area contributed by atoms with Crippen molar-refractivity contribution < 1.29 is 4.79 Å². The lowest BCUT2D eigenvalue weighted by Gasteiger charge is -2.27. The van der Waals surface area contributed by atoms with Crippen molar-refractivity contribution in [2.75, 3.05) is 37.6 Å². The van der Waals surface area contributed by atoms with E-state index in [-0.39, 0.29) is 24.3 Å². The van der Waals surface area contributed by atoms with Crippen LogP contribution in [0.2, 0.25) is 0 Å². The van der Waals surface area contributed by atoms with E-state index in [2.05, 4.69) is 26.9 Å². The zero-order chi connectivity index (χ0) is 20.4.